The van der Waals surface area contributed by atoms with Crippen molar-refractivity contribution in [1.82, 2.24) is 9.62 Å². The topological polar surface area (TPSA) is 75.7 Å². The lowest BCUT2D eigenvalue weighted by atomic mass is 10.1. The van der Waals surface area contributed by atoms with Gasteiger partial charge >= 0.3 is 6.36 Å². The third-order valence-corrected chi connectivity index (χ3v) is 7.53. The van der Waals surface area contributed by atoms with Crippen molar-refractivity contribution in [1.29, 1.82) is 0 Å². The number of hydrogen-bond acceptors (Lipinski definition) is 4. The van der Waals surface area contributed by atoms with Crippen LogP contribution in [0.15, 0.2) is 83.8 Å². The van der Waals surface area contributed by atoms with E-state index >= 15 is 0 Å². The van der Waals surface area contributed by atoms with Crippen molar-refractivity contribution in [2.75, 3.05) is 6.54 Å². The van der Waals surface area contributed by atoms with E-state index in [2.05, 4.69) is 10.1 Å². The predicted molar refractivity (Wildman–Crippen MR) is 127 cm³/mol. The van der Waals surface area contributed by atoms with Crippen LogP contribution in [0.25, 0.3) is 0 Å². The van der Waals surface area contributed by atoms with Crippen molar-refractivity contribution in [3.8, 4) is 5.75 Å². The summed E-state index contributed by atoms with van der Waals surface area (Å²) in [6, 6.07) is 19.8. The van der Waals surface area contributed by atoms with Gasteiger partial charge in [0.25, 0.3) is 5.91 Å². The summed E-state index contributed by atoms with van der Waals surface area (Å²) < 4.78 is 69.4. The van der Waals surface area contributed by atoms with Gasteiger partial charge in [0.15, 0.2) is 0 Å². The molecule has 1 amide bonds. The highest BCUT2D eigenvalue weighted by Crippen LogP contribution is 2.28. The molecule has 0 saturated heterocycles. The fourth-order valence-electron chi connectivity index (χ4n) is 3.60. The van der Waals surface area contributed by atoms with Crippen molar-refractivity contribution < 1.29 is 31.1 Å². The maximum absolute atomic E-state index is 13.5. The summed E-state index contributed by atoms with van der Waals surface area (Å²) in [5, 5.41) is 2.89. The first-order valence-electron chi connectivity index (χ1n) is 11.4. The van der Waals surface area contributed by atoms with Gasteiger partial charge in [-0.25, -0.2) is 8.42 Å². The molecule has 3 aromatic carbocycles. The lowest BCUT2D eigenvalue weighted by Gasteiger charge is -2.23. The molecule has 0 atom stereocenters. The lowest BCUT2D eigenvalue weighted by Crippen LogP contribution is -2.30. The maximum atomic E-state index is 13.5. The van der Waals surface area contributed by atoms with E-state index in [1.54, 1.807) is 48.5 Å². The monoisotopic (exact) mass is 518 g/mol. The van der Waals surface area contributed by atoms with Crippen molar-refractivity contribution >= 4 is 15.9 Å². The zero-order valence-corrected chi connectivity index (χ0v) is 20.1. The predicted octanol–water partition coefficient (Wildman–Crippen LogP) is 5.12. The van der Waals surface area contributed by atoms with Gasteiger partial charge < -0.3 is 10.1 Å². The zero-order chi connectivity index (χ0) is 25.8. The summed E-state index contributed by atoms with van der Waals surface area (Å²) >= 11 is 0. The number of nitrogens with zero attached hydrogens (tertiary/aromatic N) is 1. The Hall–Kier alpha value is -3.37. The Bertz CT molecular complexity index is 1280. The molecule has 0 unspecified atom stereocenters. The summed E-state index contributed by atoms with van der Waals surface area (Å²) in [4.78, 5) is 12.1. The van der Waals surface area contributed by atoms with E-state index in [1.165, 1.54) is 4.31 Å². The van der Waals surface area contributed by atoms with Crippen molar-refractivity contribution in [2.24, 2.45) is 5.92 Å². The zero-order valence-electron chi connectivity index (χ0n) is 19.2. The van der Waals surface area contributed by atoms with E-state index in [1.807, 2.05) is 6.07 Å². The molecule has 36 heavy (non-hydrogen) atoms. The average molecular weight is 519 g/mol. The number of amides is 1. The molecule has 1 aliphatic rings. The fourth-order valence-corrected chi connectivity index (χ4v) is 5.02. The molecule has 0 aliphatic heterocycles. The summed E-state index contributed by atoms with van der Waals surface area (Å²) in [6.45, 7) is 0.700. The largest absolute Gasteiger partial charge is 0.573 e. The van der Waals surface area contributed by atoms with Gasteiger partial charge in [0, 0.05) is 25.2 Å². The first kappa shape index (κ1) is 25.7. The Morgan fingerprint density at radius 1 is 0.889 bits per heavy atom. The van der Waals surface area contributed by atoms with Crippen LogP contribution in [0, 0.1) is 5.92 Å². The van der Waals surface area contributed by atoms with Crippen molar-refractivity contribution in [2.45, 2.75) is 37.2 Å². The third-order valence-electron chi connectivity index (χ3n) is 5.72. The Morgan fingerprint density at radius 2 is 1.47 bits per heavy atom. The second-order valence-electron chi connectivity index (χ2n) is 8.63. The Labute approximate surface area is 207 Å². The standard InChI is InChI=1S/C26H25F3N2O4S/c27-26(28,29)35-23-12-14-24(15-13-23)36(33,34)31(17-20-4-2-1-3-5-20)18-21-8-10-22(11-9-21)25(32)30-16-19-6-7-19/h1-5,8-15,19H,6-7,16-18H2,(H,30,32). The maximum Gasteiger partial charge on any atom is 0.573 e. The summed E-state index contributed by atoms with van der Waals surface area (Å²) in [5.41, 5.74) is 1.89. The van der Waals surface area contributed by atoms with Crippen molar-refractivity contribution in [3.05, 3.63) is 95.6 Å². The molecule has 3 aromatic rings. The van der Waals surface area contributed by atoms with Crippen LogP contribution in [0.4, 0.5) is 13.2 Å². The van der Waals surface area contributed by atoms with Crippen LogP contribution in [0.1, 0.15) is 34.3 Å². The number of alkyl halides is 3. The molecule has 0 aromatic heterocycles. The number of rotatable bonds is 10. The van der Waals surface area contributed by atoms with Crippen LogP contribution in [0.5, 0.6) is 5.75 Å². The summed E-state index contributed by atoms with van der Waals surface area (Å²) in [6.07, 6.45) is -2.62. The molecule has 0 radical (unpaired) electrons. The number of carbonyl (C=O) groups is 1. The third kappa shape index (κ3) is 7.08. The number of benzene rings is 3. The molecule has 1 saturated carbocycles. The fraction of sp³-hybridized carbons (Fsp3) is 0.269. The van der Waals surface area contributed by atoms with Crippen LogP contribution in [0.2, 0.25) is 0 Å². The highest BCUT2D eigenvalue weighted by molar-refractivity contribution is 7.89. The van der Waals surface area contributed by atoms with Gasteiger partial charge in [0.05, 0.1) is 4.90 Å². The number of nitrogens with one attached hydrogen (secondary N) is 1. The van der Waals surface area contributed by atoms with E-state index in [9.17, 15) is 26.4 Å². The SMILES string of the molecule is O=C(NCC1CC1)c1ccc(CN(Cc2ccccc2)S(=O)(=O)c2ccc(OC(F)(F)F)cc2)cc1. The van der Waals surface area contributed by atoms with Gasteiger partial charge in [-0.2, -0.15) is 4.31 Å². The van der Waals surface area contributed by atoms with Crippen LogP contribution in [-0.2, 0) is 23.1 Å². The first-order valence-corrected chi connectivity index (χ1v) is 12.8. The van der Waals surface area contributed by atoms with Gasteiger partial charge in [-0.3, -0.25) is 4.79 Å². The first-order chi connectivity index (χ1) is 17.1. The molecule has 1 N–H and O–H groups in total. The van der Waals surface area contributed by atoms with Crippen molar-refractivity contribution in [3.63, 3.8) is 0 Å². The smallest absolute Gasteiger partial charge is 0.406 e. The molecule has 1 fully saturated rings. The highest BCUT2D eigenvalue weighted by Gasteiger charge is 2.31. The number of sulfonamides is 1. The van der Waals surface area contributed by atoms with E-state index < -0.39 is 22.1 Å². The number of hydrogen-bond donors (Lipinski definition) is 1. The number of halogens is 3. The van der Waals surface area contributed by atoms with Gasteiger partial charge in [-0.05, 0) is 66.3 Å². The summed E-state index contributed by atoms with van der Waals surface area (Å²) in [5.74, 6) is -0.131. The Morgan fingerprint density at radius 3 is 2.03 bits per heavy atom. The second-order valence-corrected chi connectivity index (χ2v) is 10.6. The summed E-state index contributed by atoms with van der Waals surface area (Å²) in [7, 11) is -4.08. The molecule has 0 spiro atoms. The second kappa shape index (κ2) is 10.7. The normalized spacial score (nSPS) is 14.0. The molecular weight excluding hydrogens is 493 g/mol. The molecule has 6 nitrogen and oxygen atoms in total. The molecule has 0 bridgehead atoms. The molecule has 190 valence electrons. The number of carbonyl (C=O) groups excluding carboxylic acids is 1. The van der Waals surface area contributed by atoms with Crippen LogP contribution in [-0.4, -0.2) is 31.5 Å². The van der Waals surface area contributed by atoms with E-state index in [-0.39, 0.29) is 23.9 Å². The average Bonchev–Trinajstić information content (AvgIpc) is 3.67. The lowest BCUT2D eigenvalue weighted by molar-refractivity contribution is -0.274. The molecule has 0 heterocycles. The van der Waals surface area contributed by atoms with Crippen LogP contribution >= 0.6 is 0 Å². The van der Waals surface area contributed by atoms with E-state index in [0.717, 1.165) is 42.7 Å². The Balaban J connectivity index is 1.54. The van der Waals surface area contributed by atoms with E-state index in [0.29, 0.717) is 23.6 Å². The minimum Gasteiger partial charge on any atom is -0.406 e. The van der Waals surface area contributed by atoms with Gasteiger partial charge in [0.2, 0.25) is 10.0 Å². The molecule has 10 heteroatoms. The molecule has 1 aliphatic carbocycles. The molecule has 4 rings (SSSR count). The quantitative estimate of drug-likeness (QED) is 0.405. The minimum absolute atomic E-state index is 0.00199. The van der Waals surface area contributed by atoms with Gasteiger partial charge in [-0.15, -0.1) is 13.2 Å². The van der Waals surface area contributed by atoms with E-state index in [4.69, 9.17) is 0 Å². The van der Waals surface area contributed by atoms with Gasteiger partial charge in [0.1, 0.15) is 5.75 Å². The highest BCUT2D eigenvalue weighted by atomic mass is 32.2. The van der Waals surface area contributed by atoms with Crippen LogP contribution in [0.3, 0.4) is 0 Å². The molecular formula is C26H25F3N2O4S. The minimum atomic E-state index is -4.87. The Kier molecular flexibility index (Phi) is 7.65. The van der Waals surface area contributed by atoms with Gasteiger partial charge in [-0.1, -0.05) is 42.5 Å². The number of ether oxygens (including phenoxy) is 1. The van der Waals surface area contributed by atoms with Crippen LogP contribution < -0.4 is 10.1 Å².